The maximum atomic E-state index is 12.4. The summed E-state index contributed by atoms with van der Waals surface area (Å²) in [5.74, 6) is 0.0860. The second-order valence-electron chi connectivity index (χ2n) is 6.85. The van der Waals surface area contributed by atoms with E-state index in [9.17, 15) is 9.59 Å². The number of hydrogen-bond donors (Lipinski definition) is 1. The van der Waals surface area contributed by atoms with Gasteiger partial charge in [0.15, 0.2) is 5.78 Å². The molecule has 3 rings (SSSR count). The van der Waals surface area contributed by atoms with Crippen LogP contribution in [0.15, 0.2) is 54.6 Å². The third-order valence-corrected chi connectivity index (χ3v) is 5.13. The molecule has 1 amide bonds. The summed E-state index contributed by atoms with van der Waals surface area (Å²) >= 11 is 0. The summed E-state index contributed by atoms with van der Waals surface area (Å²) in [6, 6.07) is 18.0. The summed E-state index contributed by atoms with van der Waals surface area (Å²) in [6.45, 7) is 1.91. The van der Waals surface area contributed by atoms with E-state index in [1.165, 1.54) is 0 Å². The quantitative estimate of drug-likeness (QED) is 0.765. The molecular formula is C22H27ClN2O2. The predicted molar refractivity (Wildman–Crippen MR) is 111 cm³/mol. The Morgan fingerprint density at radius 3 is 2.15 bits per heavy atom. The summed E-state index contributed by atoms with van der Waals surface area (Å²) in [7, 11) is 1.86. The van der Waals surface area contributed by atoms with Gasteiger partial charge >= 0.3 is 0 Å². The van der Waals surface area contributed by atoms with Gasteiger partial charge in [0.25, 0.3) is 0 Å². The molecule has 2 aromatic rings. The largest absolute Gasteiger partial charge is 0.343 e. The first-order chi connectivity index (χ1) is 12.6. The van der Waals surface area contributed by atoms with E-state index in [0.29, 0.717) is 11.6 Å². The second kappa shape index (κ2) is 10.2. The Balaban J connectivity index is 0.00000261. The number of nitrogens with zero attached hydrogens (tertiary/aromatic N) is 1. The van der Waals surface area contributed by atoms with Crippen molar-refractivity contribution in [3.63, 3.8) is 0 Å². The van der Waals surface area contributed by atoms with Crippen LogP contribution >= 0.6 is 12.4 Å². The fraction of sp³-hybridized carbons (Fsp3) is 0.364. The molecule has 1 N–H and O–H groups in total. The summed E-state index contributed by atoms with van der Waals surface area (Å²) in [4.78, 5) is 26.6. The van der Waals surface area contributed by atoms with Crippen LogP contribution in [0.2, 0.25) is 0 Å². The molecule has 4 nitrogen and oxygen atoms in total. The Labute approximate surface area is 167 Å². The van der Waals surface area contributed by atoms with Crippen molar-refractivity contribution in [2.75, 3.05) is 20.1 Å². The predicted octanol–water partition coefficient (Wildman–Crippen LogP) is 3.95. The Morgan fingerprint density at radius 2 is 1.52 bits per heavy atom. The molecule has 1 aliphatic heterocycles. The maximum Gasteiger partial charge on any atom is 0.223 e. The lowest BCUT2D eigenvalue weighted by Crippen LogP contribution is -2.44. The van der Waals surface area contributed by atoms with Gasteiger partial charge in [0.2, 0.25) is 5.91 Å². The van der Waals surface area contributed by atoms with Gasteiger partial charge in [-0.2, -0.15) is 0 Å². The van der Waals surface area contributed by atoms with E-state index in [1.807, 2.05) is 66.5 Å². The van der Waals surface area contributed by atoms with Crippen molar-refractivity contribution in [1.82, 2.24) is 10.2 Å². The fourth-order valence-electron chi connectivity index (χ4n) is 3.42. The van der Waals surface area contributed by atoms with E-state index < -0.39 is 0 Å². The van der Waals surface area contributed by atoms with Crippen molar-refractivity contribution < 1.29 is 9.59 Å². The highest BCUT2D eigenvalue weighted by Gasteiger charge is 2.22. The van der Waals surface area contributed by atoms with E-state index in [-0.39, 0.29) is 36.9 Å². The summed E-state index contributed by atoms with van der Waals surface area (Å²) in [5, 5.41) is 3.30. The summed E-state index contributed by atoms with van der Waals surface area (Å²) < 4.78 is 0. The van der Waals surface area contributed by atoms with Crippen LogP contribution in [0.5, 0.6) is 0 Å². The number of hydrogen-bond acceptors (Lipinski definition) is 3. The summed E-state index contributed by atoms with van der Waals surface area (Å²) in [5.41, 5.74) is 2.89. The van der Waals surface area contributed by atoms with Gasteiger partial charge in [0, 0.05) is 31.5 Å². The second-order valence-corrected chi connectivity index (χ2v) is 6.85. The van der Waals surface area contributed by atoms with Gasteiger partial charge < -0.3 is 10.2 Å². The van der Waals surface area contributed by atoms with E-state index in [0.717, 1.165) is 37.1 Å². The van der Waals surface area contributed by atoms with E-state index in [2.05, 4.69) is 5.32 Å². The molecule has 0 bridgehead atoms. The molecule has 1 aliphatic rings. The maximum absolute atomic E-state index is 12.4. The van der Waals surface area contributed by atoms with Gasteiger partial charge in [0.1, 0.15) is 0 Å². The number of benzene rings is 2. The number of carbonyl (C=O) groups excluding carboxylic acids is 2. The summed E-state index contributed by atoms with van der Waals surface area (Å²) in [6.07, 6.45) is 2.51. The van der Waals surface area contributed by atoms with Crippen LogP contribution in [0.1, 0.15) is 36.0 Å². The van der Waals surface area contributed by atoms with Gasteiger partial charge in [0.05, 0.1) is 0 Å². The normalized spacial score (nSPS) is 14.3. The van der Waals surface area contributed by atoms with Crippen LogP contribution in [-0.2, 0) is 4.79 Å². The molecule has 5 heteroatoms. The van der Waals surface area contributed by atoms with Gasteiger partial charge in [-0.1, -0.05) is 54.6 Å². The Hall–Kier alpha value is -2.17. The Morgan fingerprint density at radius 1 is 0.926 bits per heavy atom. The first-order valence-electron chi connectivity index (χ1n) is 9.30. The number of ketones is 1. The first-order valence-corrected chi connectivity index (χ1v) is 9.30. The highest BCUT2D eigenvalue weighted by atomic mass is 35.5. The van der Waals surface area contributed by atoms with Crippen molar-refractivity contribution in [3.05, 3.63) is 60.2 Å². The molecule has 0 radical (unpaired) electrons. The Kier molecular flexibility index (Phi) is 8.01. The average molecular weight is 387 g/mol. The molecule has 0 spiro atoms. The van der Waals surface area contributed by atoms with Crippen molar-refractivity contribution >= 4 is 24.1 Å². The van der Waals surface area contributed by atoms with Crippen molar-refractivity contribution in [3.8, 4) is 11.1 Å². The molecule has 27 heavy (non-hydrogen) atoms. The molecule has 1 saturated heterocycles. The van der Waals surface area contributed by atoms with Crippen LogP contribution in [0.25, 0.3) is 11.1 Å². The number of Topliss-reactive ketones (excluding diaryl/α,β-unsaturated/α-hetero) is 1. The molecule has 1 fully saturated rings. The van der Waals surface area contributed by atoms with Crippen LogP contribution < -0.4 is 5.32 Å². The lowest BCUT2D eigenvalue weighted by molar-refractivity contribution is -0.132. The molecule has 0 aliphatic carbocycles. The topological polar surface area (TPSA) is 49.4 Å². The van der Waals surface area contributed by atoms with E-state index >= 15 is 0 Å². The lowest BCUT2D eigenvalue weighted by atomic mass is 10.0. The molecule has 0 atom stereocenters. The molecule has 144 valence electrons. The molecule has 0 unspecified atom stereocenters. The smallest absolute Gasteiger partial charge is 0.223 e. The highest BCUT2D eigenvalue weighted by molar-refractivity contribution is 5.98. The van der Waals surface area contributed by atoms with Gasteiger partial charge in [-0.15, -0.1) is 12.4 Å². The SMILES string of the molecule is CN(C(=O)CCC(=O)c1ccc(-c2ccccc2)cc1)C1CCNCC1.Cl. The van der Waals surface area contributed by atoms with Gasteiger partial charge in [-0.05, 0) is 37.1 Å². The van der Waals surface area contributed by atoms with Crippen LogP contribution in [0.3, 0.4) is 0 Å². The standard InChI is InChI=1S/C22H26N2O2.ClH/c1-24(20-13-15-23-16-14-20)22(26)12-11-21(25)19-9-7-18(8-10-19)17-5-3-2-4-6-17;/h2-10,20,23H,11-16H2,1H3;1H. The Bertz CT molecular complexity index is 741. The number of nitrogens with one attached hydrogen (secondary N) is 1. The van der Waals surface area contributed by atoms with E-state index in [4.69, 9.17) is 0 Å². The zero-order chi connectivity index (χ0) is 18.4. The van der Waals surface area contributed by atoms with Crippen molar-refractivity contribution in [2.24, 2.45) is 0 Å². The van der Waals surface area contributed by atoms with Gasteiger partial charge in [-0.25, -0.2) is 0 Å². The average Bonchev–Trinajstić information content (AvgIpc) is 2.72. The number of carbonyl (C=O) groups is 2. The van der Waals surface area contributed by atoms with Crippen LogP contribution in [0.4, 0.5) is 0 Å². The third-order valence-electron chi connectivity index (χ3n) is 5.13. The van der Waals surface area contributed by atoms with Crippen molar-refractivity contribution in [1.29, 1.82) is 0 Å². The van der Waals surface area contributed by atoms with Crippen LogP contribution in [0, 0.1) is 0 Å². The van der Waals surface area contributed by atoms with Crippen LogP contribution in [-0.4, -0.2) is 42.8 Å². The minimum Gasteiger partial charge on any atom is -0.343 e. The fourth-order valence-corrected chi connectivity index (χ4v) is 3.42. The third kappa shape index (κ3) is 5.65. The minimum absolute atomic E-state index is 0. The van der Waals surface area contributed by atoms with Gasteiger partial charge in [-0.3, -0.25) is 9.59 Å². The molecule has 2 aromatic carbocycles. The monoisotopic (exact) mass is 386 g/mol. The first kappa shape index (κ1) is 21.1. The minimum atomic E-state index is 0. The molecule has 1 heterocycles. The zero-order valence-electron chi connectivity index (χ0n) is 15.7. The lowest BCUT2D eigenvalue weighted by Gasteiger charge is -2.31. The highest BCUT2D eigenvalue weighted by Crippen LogP contribution is 2.20. The van der Waals surface area contributed by atoms with Crippen molar-refractivity contribution in [2.45, 2.75) is 31.7 Å². The van der Waals surface area contributed by atoms with E-state index in [1.54, 1.807) is 0 Å². The molecular weight excluding hydrogens is 360 g/mol. The number of amides is 1. The number of halogens is 1. The number of piperidine rings is 1. The zero-order valence-corrected chi connectivity index (χ0v) is 16.5. The molecule has 0 aromatic heterocycles. The number of rotatable bonds is 6. The molecule has 0 saturated carbocycles.